The summed E-state index contributed by atoms with van der Waals surface area (Å²) < 4.78 is 0. The number of benzene rings is 1. The summed E-state index contributed by atoms with van der Waals surface area (Å²) in [5, 5.41) is 3.42. The lowest BCUT2D eigenvalue weighted by atomic mass is 10.1. The number of ketones is 1. The molecule has 3 heteroatoms. The zero-order valence-corrected chi connectivity index (χ0v) is 10.4. The summed E-state index contributed by atoms with van der Waals surface area (Å²) in [5.74, 6) is 0.136. The van der Waals surface area contributed by atoms with Crippen molar-refractivity contribution in [1.82, 2.24) is 5.32 Å². The molecule has 0 atom stereocenters. The average molecular weight is 232 g/mol. The van der Waals surface area contributed by atoms with Gasteiger partial charge < -0.3 is 10.2 Å². The van der Waals surface area contributed by atoms with E-state index in [-0.39, 0.29) is 5.78 Å². The standard InChI is InChI=1S/C14H20N2O/c1-12(17)13-5-4-6-14(11-13)16-9-3-2-7-15-8-10-16/h4-6,11,15H,2-3,7-10H2,1H3. The molecular formula is C14H20N2O. The second-order valence-electron chi connectivity index (χ2n) is 4.55. The van der Waals surface area contributed by atoms with Crippen LogP contribution in [0.1, 0.15) is 30.1 Å². The van der Waals surface area contributed by atoms with Crippen molar-refractivity contribution in [1.29, 1.82) is 0 Å². The highest BCUT2D eigenvalue weighted by Gasteiger charge is 2.09. The van der Waals surface area contributed by atoms with Gasteiger partial charge >= 0.3 is 0 Å². The van der Waals surface area contributed by atoms with E-state index >= 15 is 0 Å². The first-order valence-electron chi connectivity index (χ1n) is 6.34. The normalized spacial score (nSPS) is 17.4. The van der Waals surface area contributed by atoms with Gasteiger partial charge in [0.1, 0.15) is 0 Å². The van der Waals surface area contributed by atoms with E-state index < -0.39 is 0 Å². The molecule has 1 aliphatic rings. The minimum absolute atomic E-state index is 0.136. The van der Waals surface area contributed by atoms with Crippen LogP contribution < -0.4 is 10.2 Å². The Bertz CT molecular complexity index is 382. The number of hydrogen-bond donors (Lipinski definition) is 1. The SMILES string of the molecule is CC(=O)c1cccc(N2CCCCNCC2)c1. The molecule has 0 spiro atoms. The Morgan fingerprint density at radius 2 is 2.12 bits per heavy atom. The predicted molar refractivity (Wildman–Crippen MR) is 70.8 cm³/mol. The maximum absolute atomic E-state index is 11.4. The topological polar surface area (TPSA) is 32.3 Å². The van der Waals surface area contributed by atoms with E-state index in [0.29, 0.717) is 0 Å². The van der Waals surface area contributed by atoms with Crippen molar-refractivity contribution in [3.8, 4) is 0 Å². The highest BCUT2D eigenvalue weighted by molar-refractivity contribution is 5.94. The zero-order chi connectivity index (χ0) is 12.1. The van der Waals surface area contributed by atoms with Crippen LogP contribution in [-0.4, -0.2) is 32.0 Å². The lowest BCUT2D eigenvalue weighted by Gasteiger charge is -2.27. The minimum atomic E-state index is 0.136. The van der Waals surface area contributed by atoms with Gasteiger partial charge in [-0.3, -0.25) is 4.79 Å². The van der Waals surface area contributed by atoms with Crippen LogP contribution in [0, 0.1) is 0 Å². The number of nitrogens with zero attached hydrogens (tertiary/aromatic N) is 1. The van der Waals surface area contributed by atoms with Crippen LogP contribution in [0.3, 0.4) is 0 Å². The van der Waals surface area contributed by atoms with E-state index in [4.69, 9.17) is 0 Å². The molecule has 0 radical (unpaired) electrons. The molecule has 1 aliphatic heterocycles. The summed E-state index contributed by atoms with van der Waals surface area (Å²) in [6, 6.07) is 7.95. The number of carbonyl (C=O) groups excluding carboxylic acids is 1. The summed E-state index contributed by atoms with van der Waals surface area (Å²) in [7, 11) is 0. The molecule has 1 N–H and O–H groups in total. The molecule has 3 nitrogen and oxygen atoms in total. The maximum atomic E-state index is 11.4. The number of hydrogen-bond acceptors (Lipinski definition) is 3. The highest BCUT2D eigenvalue weighted by atomic mass is 16.1. The van der Waals surface area contributed by atoms with Crippen molar-refractivity contribution >= 4 is 11.5 Å². The molecule has 0 amide bonds. The Balaban J connectivity index is 2.13. The van der Waals surface area contributed by atoms with Gasteiger partial charge in [0.25, 0.3) is 0 Å². The second-order valence-corrected chi connectivity index (χ2v) is 4.55. The van der Waals surface area contributed by atoms with Crippen molar-refractivity contribution in [2.45, 2.75) is 19.8 Å². The van der Waals surface area contributed by atoms with E-state index in [1.807, 2.05) is 18.2 Å². The number of carbonyl (C=O) groups is 1. The first-order chi connectivity index (χ1) is 8.27. The van der Waals surface area contributed by atoms with Gasteiger partial charge in [-0.25, -0.2) is 0 Å². The molecule has 0 bridgehead atoms. The summed E-state index contributed by atoms with van der Waals surface area (Å²) in [5.41, 5.74) is 1.97. The molecule has 1 aromatic carbocycles. The van der Waals surface area contributed by atoms with Crippen molar-refractivity contribution in [2.24, 2.45) is 0 Å². The Hall–Kier alpha value is -1.35. The third-order valence-corrected chi connectivity index (χ3v) is 3.21. The molecule has 0 saturated carbocycles. The Morgan fingerprint density at radius 3 is 2.94 bits per heavy atom. The summed E-state index contributed by atoms with van der Waals surface area (Å²) in [6.07, 6.45) is 2.43. The lowest BCUT2D eigenvalue weighted by Crippen LogP contribution is -2.36. The molecule has 1 heterocycles. The Morgan fingerprint density at radius 1 is 1.24 bits per heavy atom. The van der Waals surface area contributed by atoms with Crippen LogP contribution in [0.4, 0.5) is 5.69 Å². The van der Waals surface area contributed by atoms with E-state index in [0.717, 1.165) is 31.7 Å². The number of nitrogens with one attached hydrogen (secondary N) is 1. The van der Waals surface area contributed by atoms with Crippen LogP contribution in [-0.2, 0) is 0 Å². The van der Waals surface area contributed by atoms with Crippen molar-refractivity contribution in [2.75, 3.05) is 31.1 Å². The summed E-state index contributed by atoms with van der Waals surface area (Å²) >= 11 is 0. The van der Waals surface area contributed by atoms with E-state index in [2.05, 4.69) is 16.3 Å². The van der Waals surface area contributed by atoms with Gasteiger partial charge in [0.2, 0.25) is 0 Å². The van der Waals surface area contributed by atoms with Gasteiger partial charge in [-0.2, -0.15) is 0 Å². The van der Waals surface area contributed by atoms with Gasteiger partial charge in [0, 0.05) is 30.9 Å². The van der Waals surface area contributed by atoms with E-state index in [1.165, 1.54) is 18.5 Å². The summed E-state index contributed by atoms with van der Waals surface area (Å²) in [6.45, 7) is 5.87. The molecule has 1 fully saturated rings. The van der Waals surface area contributed by atoms with E-state index in [9.17, 15) is 4.79 Å². The molecule has 0 unspecified atom stereocenters. The largest absolute Gasteiger partial charge is 0.370 e. The Labute approximate surface area is 103 Å². The predicted octanol–water partition coefficient (Wildman–Crippen LogP) is 2.08. The summed E-state index contributed by atoms with van der Waals surface area (Å²) in [4.78, 5) is 13.7. The molecule has 17 heavy (non-hydrogen) atoms. The van der Waals surface area contributed by atoms with Crippen LogP contribution in [0.2, 0.25) is 0 Å². The van der Waals surface area contributed by atoms with Gasteiger partial charge in [-0.15, -0.1) is 0 Å². The fourth-order valence-electron chi connectivity index (χ4n) is 2.18. The van der Waals surface area contributed by atoms with Crippen LogP contribution in [0.25, 0.3) is 0 Å². The van der Waals surface area contributed by atoms with Gasteiger partial charge in [-0.1, -0.05) is 12.1 Å². The fraction of sp³-hybridized carbons (Fsp3) is 0.500. The fourth-order valence-corrected chi connectivity index (χ4v) is 2.18. The molecule has 2 rings (SSSR count). The molecule has 0 aliphatic carbocycles. The number of Topliss-reactive ketones (excluding diaryl/α,β-unsaturated/α-hetero) is 1. The monoisotopic (exact) mass is 232 g/mol. The molecule has 0 aromatic heterocycles. The minimum Gasteiger partial charge on any atom is -0.370 e. The molecule has 92 valence electrons. The van der Waals surface area contributed by atoms with Gasteiger partial charge in [0.05, 0.1) is 0 Å². The quantitative estimate of drug-likeness (QED) is 0.792. The Kier molecular flexibility index (Phi) is 4.15. The highest BCUT2D eigenvalue weighted by Crippen LogP contribution is 2.17. The van der Waals surface area contributed by atoms with Gasteiger partial charge in [0.15, 0.2) is 5.78 Å². The van der Waals surface area contributed by atoms with E-state index in [1.54, 1.807) is 6.92 Å². The van der Waals surface area contributed by atoms with Gasteiger partial charge in [-0.05, 0) is 38.4 Å². The van der Waals surface area contributed by atoms with Crippen LogP contribution >= 0.6 is 0 Å². The third kappa shape index (κ3) is 3.30. The van der Waals surface area contributed by atoms with Crippen molar-refractivity contribution in [3.63, 3.8) is 0 Å². The third-order valence-electron chi connectivity index (χ3n) is 3.21. The average Bonchev–Trinajstić information content (AvgIpc) is 2.28. The first kappa shape index (κ1) is 12.1. The molecule has 1 saturated heterocycles. The second kappa shape index (κ2) is 5.82. The first-order valence-corrected chi connectivity index (χ1v) is 6.34. The molecule has 1 aromatic rings. The lowest BCUT2D eigenvalue weighted by molar-refractivity contribution is 0.101. The van der Waals surface area contributed by atoms with Crippen LogP contribution in [0.5, 0.6) is 0 Å². The maximum Gasteiger partial charge on any atom is 0.159 e. The number of anilines is 1. The molecular weight excluding hydrogens is 212 g/mol. The smallest absolute Gasteiger partial charge is 0.159 e. The zero-order valence-electron chi connectivity index (χ0n) is 10.4. The number of rotatable bonds is 2. The van der Waals surface area contributed by atoms with Crippen LogP contribution in [0.15, 0.2) is 24.3 Å². The van der Waals surface area contributed by atoms with Crippen molar-refractivity contribution < 1.29 is 4.79 Å². The van der Waals surface area contributed by atoms with Crippen molar-refractivity contribution in [3.05, 3.63) is 29.8 Å².